The Bertz CT molecular complexity index is 352. The second-order valence-corrected chi connectivity index (χ2v) is 5.68. The SMILES string of the molecule is O=C1CNC(=O)N1C1CCN(CC2CCOCC2)C1. The molecule has 1 atom stereocenters. The molecule has 3 rings (SSSR count). The molecule has 3 aliphatic rings. The molecule has 0 aromatic rings. The fourth-order valence-corrected chi connectivity index (χ4v) is 3.29. The van der Waals surface area contributed by atoms with Crippen molar-refractivity contribution in [1.29, 1.82) is 0 Å². The van der Waals surface area contributed by atoms with Crippen molar-refractivity contribution in [2.45, 2.75) is 25.3 Å². The molecule has 0 aromatic carbocycles. The van der Waals surface area contributed by atoms with Gasteiger partial charge in [0.15, 0.2) is 0 Å². The zero-order chi connectivity index (χ0) is 13.2. The molecule has 3 fully saturated rings. The summed E-state index contributed by atoms with van der Waals surface area (Å²) in [6.45, 7) is 4.79. The van der Waals surface area contributed by atoms with Gasteiger partial charge in [-0.05, 0) is 25.2 Å². The van der Waals surface area contributed by atoms with Gasteiger partial charge in [-0.15, -0.1) is 0 Å². The standard InChI is InChI=1S/C13H21N3O3/c17-12-7-14-13(18)16(12)11-1-4-15(9-11)8-10-2-5-19-6-3-10/h10-11H,1-9H2,(H,14,18). The Morgan fingerprint density at radius 1 is 1.21 bits per heavy atom. The van der Waals surface area contributed by atoms with Crippen molar-refractivity contribution in [2.75, 3.05) is 39.4 Å². The van der Waals surface area contributed by atoms with Gasteiger partial charge in [0.05, 0.1) is 12.6 Å². The molecule has 3 amide bonds. The van der Waals surface area contributed by atoms with Crippen LogP contribution in [0.3, 0.4) is 0 Å². The van der Waals surface area contributed by atoms with Crippen molar-refractivity contribution in [3.8, 4) is 0 Å². The third-order valence-corrected chi connectivity index (χ3v) is 4.35. The average Bonchev–Trinajstić information content (AvgIpc) is 2.98. The summed E-state index contributed by atoms with van der Waals surface area (Å²) in [5.74, 6) is 0.624. The van der Waals surface area contributed by atoms with E-state index in [0.29, 0.717) is 5.92 Å². The lowest BCUT2D eigenvalue weighted by Gasteiger charge is -2.27. The van der Waals surface area contributed by atoms with E-state index in [-0.39, 0.29) is 24.5 Å². The Kier molecular flexibility index (Phi) is 3.70. The minimum Gasteiger partial charge on any atom is -0.381 e. The molecule has 19 heavy (non-hydrogen) atoms. The number of nitrogens with one attached hydrogen (secondary N) is 1. The van der Waals surface area contributed by atoms with Gasteiger partial charge in [-0.1, -0.05) is 0 Å². The first-order valence-electron chi connectivity index (χ1n) is 7.14. The molecule has 3 heterocycles. The quantitative estimate of drug-likeness (QED) is 0.733. The summed E-state index contributed by atoms with van der Waals surface area (Å²) < 4.78 is 5.37. The maximum Gasteiger partial charge on any atom is 0.324 e. The summed E-state index contributed by atoms with van der Waals surface area (Å²) in [7, 11) is 0. The van der Waals surface area contributed by atoms with Crippen LogP contribution >= 0.6 is 0 Å². The van der Waals surface area contributed by atoms with E-state index in [0.717, 1.165) is 52.1 Å². The number of ether oxygens (including phenoxy) is 1. The van der Waals surface area contributed by atoms with Crippen LogP contribution in [0.4, 0.5) is 4.79 Å². The number of hydrogen-bond acceptors (Lipinski definition) is 4. The predicted molar refractivity (Wildman–Crippen MR) is 68.6 cm³/mol. The Morgan fingerprint density at radius 3 is 2.68 bits per heavy atom. The van der Waals surface area contributed by atoms with E-state index in [9.17, 15) is 9.59 Å². The second kappa shape index (κ2) is 5.46. The highest BCUT2D eigenvalue weighted by Gasteiger charge is 2.38. The highest BCUT2D eigenvalue weighted by atomic mass is 16.5. The average molecular weight is 267 g/mol. The Balaban J connectivity index is 1.52. The van der Waals surface area contributed by atoms with Gasteiger partial charge in [0.2, 0.25) is 5.91 Å². The molecule has 0 spiro atoms. The van der Waals surface area contributed by atoms with Crippen LogP contribution in [-0.4, -0.2) is 67.2 Å². The molecule has 0 bridgehead atoms. The number of hydrogen-bond donors (Lipinski definition) is 1. The maximum absolute atomic E-state index is 11.7. The van der Waals surface area contributed by atoms with Crippen LogP contribution in [0.5, 0.6) is 0 Å². The van der Waals surface area contributed by atoms with Crippen LogP contribution in [0.1, 0.15) is 19.3 Å². The monoisotopic (exact) mass is 267 g/mol. The fraction of sp³-hybridized carbons (Fsp3) is 0.846. The molecule has 1 N–H and O–H groups in total. The van der Waals surface area contributed by atoms with Crippen LogP contribution in [0, 0.1) is 5.92 Å². The van der Waals surface area contributed by atoms with Gasteiger partial charge >= 0.3 is 6.03 Å². The van der Waals surface area contributed by atoms with Crippen molar-refractivity contribution in [3.05, 3.63) is 0 Å². The highest BCUT2D eigenvalue weighted by molar-refractivity contribution is 6.02. The number of carbonyl (C=O) groups is 2. The summed E-state index contributed by atoms with van der Waals surface area (Å²) in [4.78, 5) is 27.1. The number of urea groups is 1. The van der Waals surface area contributed by atoms with Crippen LogP contribution in [0.15, 0.2) is 0 Å². The summed E-state index contributed by atoms with van der Waals surface area (Å²) in [5, 5.41) is 2.59. The van der Waals surface area contributed by atoms with Gasteiger partial charge in [0.25, 0.3) is 0 Å². The number of rotatable bonds is 3. The topological polar surface area (TPSA) is 61.9 Å². The molecule has 0 aromatic heterocycles. The number of imide groups is 1. The van der Waals surface area contributed by atoms with Crippen LogP contribution in [0.2, 0.25) is 0 Å². The summed E-state index contributed by atoms with van der Waals surface area (Å²) in [6, 6.07) is -0.155. The number of amides is 3. The lowest BCUT2D eigenvalue weighted by Crippen LogP contribution is -2.42. The Hall–Kier alpha value is -1.14. The maximum atomic E-state index is 11.7. The van der Waals surface area contributed by atoms with Crippen molar-refractivity contribution < 1.29 is 14.3 Å². The minimum atomic E-state index is -0.220. The zero-order valence-corrected chi connectivity index (χ0v) is 11.1. The fourth-order valence-electron chi connectivity index (χ4n) is 3.29. The van der Waals surface area contributed by atoms with Crippen LogP contribution in [-0.2, 0) is 9.53 Å². The van der Waals surface area contributed by atoms with E-state index in [4.69, 9.17) is 4.74 Å². The van der Waals surface area contributed by atoms with E-state index in [1.54, 1.807) is 0 Å². The molecule has 6 nitrogen and oxygen atoms in total. The van der Waals surface area contributed by atoms with E-state index in [2.05, 4.69) is 10.2 Å². The van der Waals surface area contributed by atoms with Gasteiger partial charge in [-0.25, -0.2) is 4.79 Å². The molecular formula is C13H21N3O3. The third kappa shape index (κ3) is 2.74. The van der Waals surface area contributed by atoms with Gasteiger partial charge in [-0.2, -0.15) is 0 Å². The van der Waals surface area contributed by atoms with E-state index >= 15 is 0 Å². The van der Waals surface area contributed by atoms with Crippen LogP contribution in [0.25, 0.3) is 0 Å². The van der Waals surface area contributed by atoms with E-state index in [1.807, 2.05) is 0 Å². The first-order valence-corrected chi connectivity index (χ1v) is 7.14. The first-order chi connectivity index (χ1) is 9.24. The molecule has 1 unspecified atom stereocenters. The highest BCUT2D eigenvalue weighted by Crippen LogP contribution is 2.22. The molecule has 3 saturated heterocycles. The van der Waals surface area contributed by atoms with Crippen molar-refractivity contribution >= 4 is 11.9 Å². The Morgan fingerprint density at radius 2 is 2.00 bits per heavy atom. The van der Waals surface area contributed by atoms with Crippen molar-refractivity contribution in [3.63, 3.8) is 0 Å². The largest absolute Gasteiger partial charge is 0.381 e. The van der Waals surface area contributed by atoms with Gasteiger partial charge in [0, 0.05) is 32.8 Å². The molecule has 6 heteroatoms. The predicted octanol–water partition coefficient (Wildman–Crippen LogP) is 0.0391. The lowest BCUT2D eigenvalue weighted by atomic mass is 10.00. The zero-order valence-electron chi connectivity index (χ0n) is 11.1. The molecule has 0 saturated carbocycles. The van der Waals surface area contributed by atoms with E-state index < -0.39 is 0 Å². The number of likely N-dealkylation sites (tertiary alicyclic amines) is 1. The lowest BCUT2D eigenvalue weighted by molar-refractivity contribution is -0.126. The first kappa shape index (κ1) is 12.9. The number of nitrogens with zero attached hydrogens (tertiary/aromatic N) is 2. The number of carbonyl (C=O) groups excluding carboxylic acids is 2. The van der Waals surface area contributed by atoms with Crippen molar-refractivity contribution in [2.24, 2.45) is 5.92 Å². The van der Waals surface area contributed by atoms with Crippen LogP contribution < -0.4 is 5.32 Å². The molecular weight excluding hydrogens is 246 g/mol. The molecule has 3 aliphatic heterocycles. The minimum absolute atomic E-state index is 0.0647. The van der Waals surface area contributed by atoms with Crippen molar-refractivity contribution in [1.82, 2.24) is 15.1 Å². The smallest absolute Gasteiger partial charge is 0.324 e. The summed E-state index contributed by atoms with van der Waals surface area (Å²) in [6.07, 6.45) is 3.16. The molecule has 0 radical (unpaired) electrons. The van der Waals surface area contributed by atoms with E-state index in [1.165, 1.54) is 4.90 Å². The third-order valence-electron chi connectivity index (χ3n) is 4.35. The molecule has 0 aliphatic carbocycles. The van der Waals surface area contributed by atoms with Gasteiger partial charge < -0.3 is 15.0 Å². The summed E-state index contributed by atoms with van der Waals surface area (Å²) >= 11 is 0. The second-order valence-electron chi connectivity index (χ2n) is 5.68. The van der Waals surface area contributed by atoms with Gasteiger partial charge in [-0.3, -0.25) is 9.69 Å². The van der Waals surface area contributed by atoms with Gasteiger partial charge in [0.1, 0.15) is 0 Å². The summed E-state index contributed by atoms with van der Waals surface area (Å²) in [5.41, 5.74) is 0. The normalized spacial score (nSPS) is 30.1. The Labute approximate surface area is 113 Å². The molecule has 106 valence electrons.